The molecule has 1 atom stereocenters. The van der Waals surface area contributed by atoms with E-state index in [1.807, 2.05) is 0 Å². The number of aryl methyl sites for hydroxylation is 2. The van der Waals surface area contributed by atoms with Crippen LogP contribution in [-0.4, -0.2) is 22.6 Å². The van der Waals surface area contributed by atoms with Gasteiger partial charge in [-0.25, -0.2) is 4.98 Å². The van der Waals surface area contributed by atoms with E-state index in [4.69, 9.17) is 4.98 Å². The fraction of sp³-hybridized carbons (Fsp3) is 0.562. The lowest BCUT2D eigenvalue weighted by molar-refractivity contribution is 0.474. The number of benzene rings is 1. The SMILES string of the molecule is CCCNCC(C)CCc1nc2ccccc2n1C. The number of rotatable bonds is 7. The number of fused-ring (bicyclic) bond motifs is 1. The molecule has 0 aliphatic rings. The number of nitrogens with one attached hydrogen (secondary N) is 1. The molecule has 104 valence electrons. The highest BCUT2D eigenvalue weighted by atomic mass is 15.1. The summed E-state index contributed by atoms with van der Waals surface area (Å²) in [6, 6.07) is 8.35. The molecule has 1 aromatic carbocycles. The van der Waals surface area contributed by atoms with Gasteiger partial charge >= 0.3 is 0 Å². The number of para-hydroxylation sites is 2. The average Bonchev–Trinajstić information content (AvgIpc) is 2.74. The molecule has 0 aliphatic heterocycles. The summed E-state index contributed by atoms with van der Waals surface area (Å²) in [6.07, 6.45) is 3.45. The monoisotopic (exact) mass is 259 g/mol. The maximum absolute atomic E-state index is 4.72. The van der Waals surface area contributed by atoms with Crippen LogP contribution in [0.1, 0.15) is 32.5 Å². The van der Waals surface area contributed by atoms with E-state index in [1.165, 1.54) is 24.2 Å². The van der Waals surface area contributed by atoms with Gasteiger partial charge in [0.1, 0.15) is 5.82 Å². The number of nitrogens with zero attached hydrogens (tertiary/aromatic N) is 2. The summed E-state index contributed by atoms with van der Waals surface area (Å²) in [5.74, 6) is 1.90. The Morgan fingerprint density at radius 1 is 1.32 bits per heavy atom. The second-order valence-corrected chi connectivity index (χ2v) is 5.42. The Balaban J connectivity index is 1.92. The van der Waals surface area contributed by atoms with Crippen LogP contribution in [0, 0.1) is 5.92 Å². The molecule has 3 nitrogen and oxygen atoms in total. The minimum atomic E-state index is 0.700. The van der Waals surface area contributed by atoms with Crippen molar-refractivity contribution >= 4 is 11.0 Å². The lowest BCUT2D eigenvalue weighted by atomic mass is 10.1. The maximum Gasteiger partial charge on any atom is 0.109 e. The number of imidazole rings is 1. The topological polar surface area (TPSA) is 29.9 Å². The first kappa shape index (κ1) is 14.1. The lowest BCUT2D eigenvalue weighted by Gasteiger charge is -2.11. The molecule has 2 rings (SSSR count). The standard InChI is InChI=1S/C16H25N3/c1-4-11-17-12-13(2)9-10-16-18-14-7-5-6-8-15(14)19(16)3/h5-8,13,17H,4,9-12H2,1-3H3. The average molecular weight is 259 g/mol. The van der Waals surface area contributed by atoms with Crippen LogP contribution in [0.15, 0.2) is 24.3 Å². The van der Waals surface area contributed by atoms with Crippen molar-refractivity contribution in [2.75, 3.05) is 13.1 Å². The molecule has 2 aromatic rings. The van der Waals surface area contributed by atoms with E-state index in [0.717, 1.165) is 25.0 Å². The number of aromatic nitrogens is 2. The Labute approximate surface area is 116 Å². The molecule has 0 fully saturated rings. The predicted octanol–water partition coefficient (Wildman–Crippen LogP) is 3.14. The molecule has 1 unspecified atom stereocenters. The fourth-order valence-corrected chi connectivity index (χ4v) is 2.42. The highest BCUT2D eigenvalue weighted by Crippen LogP contribution is 2.16. The minimum absolute atomic E-state index is 0.700. The van der Waals surface area contributed by atoms with Gasteiger partial charge in [0, 0.05) is 13.5 Å². The third-order valence-corrected chi connectivity index (χ3v) is 3.66. The zero-order chi connectivity index (χ0) is 13.7. The van der Waals surface area contributed by atoms with Gasteiger partial charge in [0.15, 0.2) is 0 Å². The van der Waals surface area contributed by atoms with Crippen molar-refractivity contribution in [3.05, 3.63) is 30.1 Å². The molecule has 19 heavy (non-hydrogen) atoms. The molecule has 0 spiro atoms. The second kappa shape index (κ2) is 6.71. The lowest BCUT2D eigenvalue weighted by Crippen LogP contribution is -2.22. The molecule has 0 aliphatic carbocycles. The van der Waals surface area contributed by atoms with E-state index < -0.39 is 0 Å². The van der Waals surface area contributed by atoms with Crippen LogP contribution in [0.2, 0.25) is 0 Å². The summed E-state index contributed by atoms with van der Waals surface area (Å²) in [7, 11) is 2.12. The van der Waals surface area contributed by atoms with E-state index in [-0.39, 0.29) is 0 Å². The van der Waals surface area contributed by atoms with Crippen LogP contribution in [0.5, 0.6) is 0 Å². The Hall–Kier alpha value is -1.35. The Morgan fingerprint density at radius 2 is 2.11 bits per heavy atom. The summed E-state index contributed by atoms with van der Waals surface area (Å²) < 4.78 is 2.22. The quantitative estimate of drug-likeness (QED) is 0.774. The molecule has 0 bridgehead atoms. The van der Waals surface area contributed by atoms with E-state index in [9.17, 15) is 0 Å². The van der Waals surface area contributed by atoms with E-state index in [1.54, 1.807) is 0 Å². The first-order chi connectivity index (χ1) is 9.22. The minimum Gasteiger partial charge on any atom is -0.331 e. The Morgan fingerprint density at radius 3 is 2.84 bits per heavy atom. The van der Waals surface area contributed by atoms with Gasteiger partial charge in [-0.2, -0.15) is 0 Å². The van der Waals surface area contributed by atoms with Gasteiger partial charge in [0.05, 0.1) is 11.0 Å². The third-order valence-electron chi connectivity index (χ3n) is 3.66. The number of hydrogen-bond acceptors (Lipinski definition) is 2. The van der Waals surface area contributed by atoms with Crippen molar-refractivity contribution in [3.8, 4) is 0 Å². The first-order valence-corrected chi connectivity index (χ1v) is 7.33. The van der Waals surface area contributed by atoms with Crippen LogP contribution >= 0.6 is 0 Å². The normalized spacial score (nSPS) is 13.0. The maximum atomic E-state index is 4.72. The fourth-order valence-electron chi connectivity index (χ4n) is 2.42. The Bertz CT molecular complexity index is 516. The Kier molecular flexibility index (Phi) is 4.97. The summed E-state index contributed by atoms with van der Waals surface area (Å²) >= 11 is 0. The molecule has 1 heterocycles. The summed E-state index contributed by atoms with van der Waals surface area (Å²) in [5, 5.41) is 3.49. The van der Waals surface area contributed by atoms with Crippen LogP contribution in [0.3, 0.4) is 0 Å². The molecule has 1 aromatic heterocycles. The highest BCUT2D eigenvalue weighted by Gasteiger charge is 2.09. The van der Waals surface area contributed by atoms with Gasteiger partial charge in [-0.3, -0.25) is 0 Å². The zero-order valence-electron chi connectivity index (χ0n) is 12.3. The molecule has 0 saturated heterocycles. The van der Waals surface area contributed by atoms with Crippen molar-refractivity contribution in [2.45, 2.75) is 33.1 Å². The molecule has 3 heteroatoms. The van der Waals surface area contributed by atoms with Crippen LogP contribution in [-0.2, 0) is 13.5 Å². The molecule has 1 N–H and O–H groups in total. The van der Waals surface area contributed by atoms with Gasteiger partial charge in [-0.1, -0.05) is 26.0 Å². The van der Waals surface area contributed by atoms with Gasteiger partial charge in [0.2, 0.25) is 0 Å². The van der Waals surface area contributed by atoms with Crippen molar-refractivity contribution in [1.82, 2.24) is 14.9 Å². The summed E-state index contributed by atoms with van der Waals surface area (Å²) in [6.45, 7) is 6.75. The molecular weight excluding hydrogens is 234 g/mol. The van der Waals surface area contributed by atoms with Gasteiger partial charge in [-0.05, 0) is 44.0 Å². The number of hydrogen-bond donors (Lipinski definition) is 1. The third kappa shape index (κ3) is 3.57. The smallest absolute Gasteiger partial charge is 0.109 e. The van der Waals surface area contributed by atoms with Gasteiger partial charge < -0.3 is 9.88 Å². The summed E-state index contributed by atoms with van der Waals surface area (Å²) in [5.41, 5.74) is 2.34. The summed E-state index contributed by atoms with van der Waals surface area (Å²) in [4.78, 5) is 4.72. The van der Waals surface area contributed by atoms with Gasteiger partial charge in [-0.15, -0.1) is 0 Å². The van der Waals surface area contributed by atoms with E-state index >= 15 is 0 Å². The second-order valence-electron chi connectivity index (χ2n) is 5.42. The van der Waals surface area contributed by atoms with E-state index in [2.05, 4.69) is 55.0 Å². The molecular formula is C16H25N3. The largest absolute Gasteiger partial charge is 0.331 e. The van der Waals surface area contributed by atoms with Crippen LogP contribution in [0.25, 0.3) is 11.0 Å². The predicted molar refractivity (Wildman–Crippen MR) is 81.4 cm³/mol. The van der Waals surface area contributed by atoms with Gasteiger partial charge in [0.25, 0.3) is 0 Å². The van der Waals surface area contributed by atoms with Crippen LogP contribution < -0.4 is 5.32 Å². The zero-order valence-corrected chi connectivity index (χ0v) is 12.3. The van der Waals surface area contributed by atoms with Crippen LogP contribution in [0.4, 0.5) is 0 Å². The van der Waals surface area contributed by atoms with Crippen molar-refractivity contribution in [3.63, 3.8) is 0 Å². The molecule has 0 saturated carbocycles. The van der Waals surface area contributed by atoms with E-state index in [0.29, 0.717) is 5.92 Å². The first-order valence-electron chi connectivity index (χ1n) is 7.33. The van der Waals surface area contributed by atoms with Crippen molar-refractivity contribution in [1.29, 1.82) is 0 Å². The van der Waals surface area contributed by atoms with Crippen molar-refractivity contribution < 1.29 is 0 Å². The molecule has 0 amide bonds. The van der Waals surface area contributed by atoms with Crippen molar-refractivity contribution in [2.24, 2.45) is 13.0 Å². The molecule has 0 radical (unpaired) electrons. The highest BCUT2D eigenvalue weighted by molar-refractivity contribution is 5.75.